The summed E-state index contributed by atoms with van der Waals surface area (Å²) in [7, 11) is 1.62. The Kier molecular flexibility index (Phi) is 6.43. The van der Waals surface area contributed by atoms with Crippen molar-refractivity contribution in [3.8, 4) is 0 Å². The SMILES string of the molecule is COCCCn1c(=S)[nH]c2cc(C(=O)Nc3cccnc3N3CCCC3)ccc2c1=O. The van der Waals surface area contributed by atoms with Gasteiger partial charge in [-0.1, -0.05) is 0 Å². The van der Waals surface area contributed by atoms with Crippen LogP contribution in [0.15, 0.2) is 41.3 Å². The number of amides is 1. The number of H-pyrrole nitrogens is 1. The van der Waals surface area contributed by atoms with Gasteiger partial charge in [0.05, 0.1) is 16.6 Å². The number of benzene rings is 1. The number of pyridine rings is 1. The molecule has 0 spiro atoms. The van der Waals surface area contributed by atoms with Crippen molar-refractivity contribution in [1.82, 2.24) is 14.5 Å². The molecule has 1 aliphatic heterocycles. The largest absolute Gasteiger partial charge is 0.385 e. The molecule has 1 amide bonds. The lowest BCUT2D eigenvalue weighted by Gasteiger charge is -2.20. The van der Waals surface area contributed by atoms with Crippen molar-refractivity contribution in [1.29, 1.82) is 0 Å². The molecule has 0 atom stereocenters. The molecule has 31 heavy (non-hydrogen) atoms. The van der Waals surface area contributed by atoms with Crippen LogP contribution in [0.1, 0.15) is 29.6 Å². The van der Waals surface area contributed by atoms with Crippen LogP contribution in [0.5, 0.6) is 0 Å². The number of carbonyl (C=O) groups excluding carboxylic acids is 1. The van der Waals surface area contributed by atoms with E-state index in [1.54, 1.807) is 37.6 Å². The van der Waals surface area contributed by atoms with Crippen LogP contribution in [-0.4, -0.2) is 47.2 Å². The number of hydrogen-bond acceptors (Lipinski definition) is 6. The topological polar surface area (TPSA) is 92.2 Å². The van der Waals surface area contributed by atoms with Crippen molar-refractivity contribution in [3.63, 3.8) is 0 Å². The van der Waals surface area contributed by atoms with Crippen LogP contribution in [0.3, 0.4) is 0 Å². The molecule has 9 heteroatoms. The zero-order valence-corrected chi connectivity index (χ0v) is 18.2. The first kappa shape index (κ1) is 21.2. The molecule has 162 valence electrons. The van der Waals surface area contributed by atoms with Gasteiger partial charge in [-0.15, -0.1) is 0 Å². The number of rotatable bonds is 7. The Labute approximate surface area is 184 Å². The number of nitrogens with one attached hydrogen (secondary N) is 2. The zero-order chi connectivity index (χ0) is 21.8. The molecule has 1 fully saturated rings. The Morgan fingerprint density at radius 2 is 2.10 bits per heavy atom. The molecule has 3 aromatic rings. The van der Waals surface area contributed by atoms with Crippen molar-refractivity contribution < 1.29 is 9.53 Å². The standard InChI is InChI=1S/C22H25N5O3S/c1-30-13-5-12-27-21(29)16-8-7-15(14-18(16)25-22(27)31)20(28)24-17-6-4-9-23-19(17)26-10-2-3-11-26/h4,6-9,14H,2-3,5,10-13H2,1H3,(H,24,28)(H,25,31). The summed E-state index contributed by atoms with van der Waals surface area (Å²) in [5.74, 6) is 0.520. The summed E-state index contributed by atoms with van der Waals surface area (Å²) in [6.45, 7) is 2.89. The van der Waals surface area contributed by atoms with E-state index in [0.717, 1.165) is 31.7 Å². The number of nitrogens with zero attached hydrogens (tertiary/aromatic N) is 3. The average molecular weight is 440 g/mol. The van der Waals surface area contributed by atoms with E-state index in [1.807, 2.05) is 6.07 Å². The number of hydrogen-bond donors (Lipinski definition) is 2. The van der Waals surface area contributed by atoms with Gasteiger partial charge >= 0.3 is 0 Å². The number of methoxy groups -OCH3 is 1. The number of carbonyl (C=O) groups is 1. The average Bonchev–Trinajstić information content (AvgIpc) is 3.31. The Morgan fingerprint density at radius 3 is 2.87 bits per heavy atom. The lowest BCUT2D eigenvalue weighted by Crippen LogP contribution is -2.23. The molecule has 0 bridgehead atoms. The van der Waals surface area contributed by atoms with Gasteiger partial charge in [0.2, 0.25) is 0 Å². The maximum Gasteiger partial charge on any atom is 0.262 e. The lowest BCUT2D eigenvalue weighted by molar-refractivity contribution is 0.102. The lowest BCUT2D eigenvalue weighted by atomic mass is 10.1. The number of fused-ring (bicyclic) bond motifs is 1. The van der Waals surface area contributed by atoms with Crippen LogP contribution in [-0.2, 0) is 11.3 Å². The minimum absolute atomic E-state index is 0.176. The highest BCUT2D eigenvalue weighted by atomic mass is 32.1. The van der Waals surface area contributed by atoms with Crippen molar-refractivity contribution in [2.45, 2.75) is 25.8 Å². The smallest absolute Gasteiger partial charge is 0.262 e. The third kappa shape index (κ3) is 4.52. The quantitative estimate of drug-likeness (QED) is 0.433. The van der Waals surface area contributed by atoms with E-state index >= 15 is 0 Å². The first-order valence-electron chi connectivity index (χ1n) is 10.4. The van der Waals surface area contributed by atoms with Gasteiger partial charge in [-0.2, -0.15) is 0 Å². The Bertz CT molecular complexity index is 1210. The van der Waals surface area contributed by atoms with E-state index in [0.29, 0.717) is 46.5 Å². The second-order valence-electron chi connectivity index (χ2n) is 7.52. The number of aromatic nitrogens is 3. The van der Waals surface area contributed by atoms with Crippen molar-refractivity contribution in [3.05, 3.63) is 57.2 Å². The fraction of sp³-hybridized carbons (Fsp3) is 0.364. The van der Waals surface area contributed by atoms with Crippen LogP contribution >= 0.6 is 12.2 Å². The first-order chi connectivity index (χ1) is 15.1. The fourth-order valence-corrected chi connectivity index (χ4v) is 4.12. The van der Waals surface area contributed by atoms with E-state index in [1.165, 1.54) is 4.57 Å². The molecule has 1 saturated heterocycles. The normalized spacial score (nSPS) is 13.6. The molecule has 2 aromatic heterocycles. The maximum absolute atomic E-state index is 12.9. The van der Waals surface area contributed by atoms with Gasteiger partial charge in [0.15, 0.2) is 10.6 Å². The summed E-state index contributed by atoms with van der Waals surface area (Å²) in [6, 6.07) is 8.63. The Balaban J connectivity index is 1.60. The minimum atomic E-state index is -0.265. The van der Waals surface area contributed by atoms with Gasteiger partial charge in [-0.3, -0.25) is 14.2 Å². The van der Waals surface area contributed by atoms with E-state index < -0.39 is 0 Å². The summed E-state index contributed by atoms with van der Waals surface area (Å²) in [5, 5.41) is 3.45. The summed E-state index contributed by atoms with van der Waals surface area (Å²) < 4.78 is 6.90. The van der Waals surface area contributed by atoms with Crippen LogP contribution in [0, 0.1) is 4.77 Å². The fourth-order valence-electron chi connectivity index (χ4n) is 3.84. The molecule has 4 rings (SSSR count). The predicted molar refractivity (Wildman–Crippen MR) is 124 cm³/mol. The van der Waals surface area contributed by atoms with Crippen LogP contribution in [0.25, 0.3) is 10.9 Å². The van der Waals surface area contributed by atoms with Gasteiger partial charge in [-0.25, -0.2) is 4.98 Å². The molecule has 0 saturated carbocycles. The van der Waals surface area contributed by atoms with Gasteiger partial charge in [0.25, 0.3) is 11.5 Å². The predicted octanol–water partition coefficient (Wildman–Crippen LogP) is 3.34. The summed E-state index contributed by atoms with van der Waals surface area (Å²) in [6.07, 6.45) is 4.66. The number of anilines is 2. The van der Waals surface area contributed by atoms with Crippen LogP contribution in [0.4, 0.5) is 11.5 Å². The third-order valence-corrected chi connectivity index (χ3v) is 5.74. The Hall–Kier alpha value is -3.04. The molecule has 3 heterocycles. The van der Waals surface area contributed by atoms with Crippen molar-refractivity contribution in [2.24, 2.45) is 0 Å². The van der Waals surface area contributed by atoms with Crippen molar-refractivity contribution in [2.75, 3.05) is 37.0 Å². The van der Waals surface area contributed by atoms with E-state index in [-0.39, 0.29) is 11.5 Å². The molecule has 0 radical (unpaired) electrons. The molecule has 0 unspecified atom stereocenters. The summed E-state index contributed by atoms with van der Waals surface area (Å²) >= 11 is 5.36. The first-order valence-corrected chi connectivity index (χ1v) is 10.8. The highest BCUT2D eigenvalue weighted by Crippen LogP contribution is 2.26. The van der Waals surface area contributed by atoms with Gasteiger partial charge < -0.3 is 19.9 Å². The Morgan fingerprint density at radius 1 is 1.29 bits per heavy atom. The second-order valence-corrected chi connectivity index (χ2v) is 7.90. The highest BCUT2D eigenvalue weighted by molar-refractivity contribution is 7.71. The summed E-state index contributed by atoms with van der Waals surface area (Å²) in [5.41, 5.74) is 1.48. The van der Waals surface area contributed by atoms with Crippen LogP contribution in [0.2, 0.25) is 0 Å². The maximum atomic E-state index is 12.9. The molecule has 1 aliphatic rings. The summed E-state index contributed by atoms with van der Waals surface area (Å²) in [4.78, 5) is 35.5. The highest BCUT2D eigenvalue weighted by Gasteiger charge is 2.19. The van der Waals surface area contributed by atoms with Crippen LogP contribution < -0.4 is 15.8 Å². The molecule has 2 N–H and O–H groups in total. The van der Waals surface area contributed by atoms with E-state index in [9.17, 15) is 9.59 Å². The number of ether oxygens (including phenoxy) is 1. The molecule has 8 nitrogen and oxygen atoms in total. The molecular formula is C22H25N5O3S. The molecule has 0 aliphatic carbocycles. The molecule has 1 aromatic carbocycles. The van der Waals surface area contributed by atoms with Gasteiger partial charge in [0.1, 0.15) is 0 Å². The third-order valence-electron chi connectivity index (χ3n) is 5.41. The number of aromatic amines is 1. The van der Waals surface area contributed by atoms with E-state index in [2.05, 4.69) is 20.2 Å². The van der Waals surface area contributed by atoms with Crippen molar-refractivity contribution >= 4 is 40.5 Å². The second kappa shape index (κ2) is 9.40. The van der Waals surface area contributed by atoms with Gasteiger partial charge in [-0.05, 0) is 61.8 Å². The zero-order valence-electron chi connectivity index (χ0n) is 17.4. The van der Waals surface area contributed by atoms with Gasteiger partial charge in [0, 0.05) is 45.1 Å². The minimum Gasteiger partial charge on any atom is -0.385 e. The van der Waals surface area contributed by atoms with E-state index in [4.69, 9.17) is 17.0 Å². The monoisotopic (exact) mass is 439 g/mol. The molecular weight excluding hydrogens is 414 g/mol.